The molecule has 1 saturated carbocycles. The van der Waals surface area contributed by atoms with Gasteiger partial charge in [-0.05, 0) is 80.8 Å². The summed E-state index contributed by atoms with van der Waals surface area (Å²) in [7, 11) is 0. The molecule has 0 unspecified atom stereocenters. The summed E-state index contributed by atoms with van der Waals surface area (Å²) in [6.07, 6.45) is 2.42. The van der Waals surface area contributed by atoms with E-state index in [1.165, 1.54) is 18.2 Å². The van der Waals surface area contributed by atoms with Crippen LogP contribution in [-0.4, -0.2) is 12.6 Å². The standard InChI is InChI=1S/C28H27F3O3/c1-3-33-24-14-12-21(16-23(24)29)18-8-10-20(11-9-18)28(32)34-25-15-13-22(26(30)27(25)31)19-6-4-17(2)5-7-19/h4-7,12-16,18,20H,3,8-11H2,1-2H3. The maximum absolute atomic E-state index is 14.7. The van der Waals surface area contributed by atoms with Gasteiger partial charge in [0.05, 0.1) is 12.5 Å². The molecule has 0 amide bonds. The lowest BCUT2D eigenvalue weighted by Gasteiger charge is -2.27. The maximum atomic E-state index is 14.7. The van der Waals surface area contributed by atoms with Crippen LogP contribution < -0.4 is 9.47 Å². The van der Waals surface area contributed by atoms with Gasteiger partial charge < -0.3 is 9.47 Å². The molecule has 6 heteroatoms. The first-order valence-corrected chi connectivity index (χ1v) is 11.6. The van der Waals surface area contributed by atoms with E-state index in [4.69, 9.17) is 9.47 Å². The van der Waals surface area contributed by atoms with Crippen molar-refractivity contribution in [1.29, 1.82) is 0 Å². The van der Waals surface area contributed by atoms with Crippen LogP contribution in [0, 0.1) is 30.3 Å². The molecule has 3 aromatic rings. The van der Waals surface area contributed by atoms with Crippen molar-refractivity contribution < 1.29 is 27.4 Å². The van der Waals surface area contributed by atoms with E-state index in [1.54, 1.807) is 25.1 Å². The Balaban J connectivity index is 1.39. The van der Waals surface area contributed by atoms with Crippen LogP contribution in [0.25, 0.3) is 11.1 Å². The maximum Gasteiger partial charge on any atom is 0.314 e. The highest BCUT2D eigenvalue weighted by Gasteiger charge is 2.30. The minimum Gasteiger partial charge on any atom is -0.491 e. The Morgan fingerprint density at radius 2 is 1.56 bits per heavy atom. The van der Waals surface area contributed by atoms with Crippen molar-refractivity contribution in [3.05, 3.63) is 83.2 Å². The third-order valence-electron chi connectivity index (χ3n) is 6.41. The fourth-order valence-electron chi connectivity index (χ4n) is 4.46. The first-order valence-electron chi connectivity index (χ1n) is 11.6. The van der Waals surface area contributed by atoms with E-state index < -0.39 is 35.1 Å². The van der Waals surface area contributed by atoms with Gasteiger partial charge in [-0.2, -0.15) is 4.39 Å². The molecule has 4 rings (SSSR count). The van der Waals surface area contributed by atoms with Gasteiger partial charge >= 0.3 is 5.97 Å². The average Bonchev–Trinajstić information content (AvgIpc) is 2.84. The topological polar surface area (TPSA) is 35.5 Å². The number of halogens is 3. The number of benzene rings is 3. The number of aryl methyl sites for hydroxylation is 1. The summed E-state index contributed by atoms with van der Waals surface area (Å²) in [6.45, 7) is 4.10. The SMILES string of the molecule is CCOc1ccc(C2CCC(C(=O)Oc3ccc(-c4ccc(C)cc4)c(F)c3F)CC2)cc1F. The van der Waals surface area contributed by atoms with Crippen molar-refractivity contribution in [3.63, 3.8) is 0 Å². The normalized spacial score (nSPS) is 17.9. The van der Waals surface area contributed by atoms with Crippen LogP contribution >= 0.6 is 0 Å². The summed E-state index contributed by atoms with van der Waals surface area (Å²) in [6, 6.07) is 14.8. The fourth-order valence-corrected chi connectivity index (χ4v) is 4.46. The van der Waals surface area contributed by atoms with Gasteiger partial charge in [0.25, 0.3) is 0 Å². The zero-order chi connectivity index (χ0) is 24.2. The number of ether oxygens (including phenoxy) is 2. The van der Waals surface area contributed by atoms with Crippen molar-refractivity contribution in [2.45, 2.75) is 45.4 Å². The van der Waals surface area contributed by atoms with Crippen LogP contribution in [0.3, 0.4) is 0 Å². The van der Waals surface area contributed by atoms with E-state index in [2.05, 4.69) is 0 Å². The molecule has 0 bridgehead atoms. The Labute approximate surface area is 197 Å². The minimum absolute atomic E-state index is 0.111. The predicted octanol–water partition coefficient (Wildman–Crippen LogP) is 7.36. The van der Waals surface area contributed by atoms with Gasteiger partial charge in [0.15, 0.2) is 23.1 Å². The van der Waals surface area contributed by atoms with E-state index >= 15 is 0 Å². The highest BCUT2D eigenvalue weighted by molar-refractivity contribution is 5.76. The first-order chi connectivity index (χ1) is 16.4. The molecule has 34 heavy (non-hydrogen) atoms. The third kappa shape index (κ3) is 5.11. The van der Waals surface area contributed by atoms with E-state index in [0.717, 1.165) is 11.1 Å². The van der Waals surface area contributed by atoms with Gasteiger partial charge in [-0.25, -0.2) is 8.78 Å². The predicted molar refractivity (Wildman–Crippen MR) is 124 cm³/mol. The number of rotatable bonds is 6. The number of esters is 1. The fraction of sp³-hybridized carbons (Fsp3) is 0.321. The molecular formula is C28H27F3O3. The molecule has 178 valence electrons. The lowest BCUT2D eigenvalue weighted by molar-refractivity contribution is -0.140. The monoisotopic (exact) mass is 468 g/mol. The largest absolute Gasteiger partial charge is 0.491 e. The summed E-state index contributed by atoms with van der Waals surface area (Å²) in [5.74, 6) is -3.66. The minimum atomic E-state index is -1.18. The van der Waals surface area contributed by atoms with Crippen molar-refractivity contribution in [2.75, 3.05) is 6.61 Å². The molecular weight excluding hydrogens is 441 g/mol. The third-order valence-corrected chi connectivity index (χ3v) is 6.41. The lowest BCUT2D eigenvalue weighted by atomic mass is 9.78. The van der Waals surface area contributed by atoms with Crippen molar-refractivity contribution in [2.24, 2.45) is 5.92 Å². The van der Waals surface area contributed by atoms with Gasteiger partial charge in [-0.3, -0.25) is 4.79 Å². The number of carbonyl (C=O) groups excluding carboxylic acids is 1. The van der Waals surface area contributed by atoms with Gasteiger partial charge in [-0.1, -0.05) is 35.9 Å². The Morgan fingerprint density at radius 3 is 2.21 bits per heavy atom. The van der Waals surface area contributed by atoms with Crippen LogP contribution in [-0.2, 0) is 4.79 Å². The van der Waals surface area contributed by atoms with Gasteiger partial charge in [0.1, 0.15) is 0 Å². The number of hydrogen-bond donors (Lipinski definition) is 0. The van der Waals surface area contributed by atoms with Crippen LogP contribution in [0.4, 0.5) is 13.2 Å². The molecule has 0 saturated heterocycles. The van der Waals surface area contributed by atoms with Crippen molar-refractivity contribution in [3.8, 4) is 22.6 Å². The Hall–Kier alpha value is -3.28. The van der Waals surface area contributed by atoms with Crippen LogP contribution in [0.15, 0.2) is 54.6 Å². The van der Waals surface area contributed by atoms with Crippen LogP contribution in [0.5, 0.6) is 11.5 Å². The molecule has 0 N–H and O–H groups in total. The van der Waals surface area contributed by atoms with E-state index in [9.17, 15) is 18.0 Å². The second kappa shape index (κ2) is 10.3. The van der Waals surface area contributed by atoms with E-state index in [0.29, 0.717) is 37.9 Å². The first kappa shape index (κ1) is 23.9. The molecule has 0 aromatic heterocycles. The van der Waals surface area contributed by atoms with Crippen LogP contribution in [0.1, 0.15) is 49.7 Å². The molecule has 3 nitrogen and oxygen atoms in total. The molecule has 0 aliphatic heterocycles. The van der Waals surface area contributed by atoms with Crippen molar-refractivity contribution in [1.82, 2.24) is 0 Å². The summed E-state index contributed by atoms with van der Waals surface area (Å²) in [5, 5.41) is 0. The highest BCUT2D eigenvalue weighted by Crippen LogP contribution is 2.38. The second-order valence-corrected chi connectivity index (χ2v) is 8.70. The average molecular weight is 469 g/mol. The van der Waals surface area contributed by atoms with Gasteiger partial charge in [0.2, 0.25) is 5.82 Å². The lowest BCUT2D eigenvalue weighted by Crippen LogP contribution is -2.25. The molecule has 3 aromatic carbocycles. The molecule has 0 heterocycles. The molecule has 1 aliphatic rings. The Morgan fingerprint density at radius 1 is 0.882 bits per heavy atom. The second-order valence-electron chi connectivity index (χ2n) is 8.70. The molecule has 0 atom stereocenters. The van der Waals surface area contributed by atoms with Crippen LogP contribution in [0.2, 0.25) is 0 Å². The smallest absolute Gasteiger partial charge is 0.314 e. The van der Waals surface area contributed by atoms with E-state index in [1.807, 2.05) is 25.1 Å². The zero-order valence-electron chi connectivity index (χ0n) is 19.2. The van der Waals surface area contributed by atoms with Crippen molar-refractivity contribution >= 4 is 5.97 Å². The number of carbonyl (C=O) groups is 1. The summed E-state index contributed by atoms with van der Waals surface area (Å²) >= 11 is 0. The summed E-state index contributed by atoms with van der Waals surface area (Å²) < 4.78 is 54.0. The summed E-state index contributed by atoms with van der Waals surface area (Å²) in [5.41, 5.74) is 2.54. The quantitative estimate of drug-likeness (QED) is 0.280. The molecule has 0 radical (unpaired) electrons. The summed E-state index contributed by atoms with van der Waals surface area (Å²) in [4.78, 5) is 12.6. The van der Waals surface area contributed by atoms with Gasteiger partial charge in [0, 0.05) is 5.56 Å². The number of hydrogen-bond acceptors (Lipinski definition) is 3. The highest BCUT2D eigenvalue weighted by atomic mass is 19.2. The zero-order valence-corrected chi connectivity index (χ0v) is 19.2. The molecule has 1 aliphatic carbocycles. The Kier molecular flexibility index (Phi) is 7.25. The molecule has 1 fully saturated rings. The Bertz CT molecular complexity index is 1170. The van der Waals surface area contributed by atoms with Gasteiger partial charge in [-0.15, -0.1) is 0 Å². The van der Waals surface area contributed by atoms with E-state index in [-0.39, 0.29) is 17.2 Å². The molecule has 0 spiro atoms.